The van der Waals surface area contributed by atoms with E-state index in [1.165, 1.54) is 17.3 Å². The molecule has 7 heteroatoms. The number of nitrogens with zero attached hydrogens (tertiary/aromatic N) is 5. The molecule has 0 radical (unpaired) electrons. The van der Waals surface area contributed by atoms with Gasteiger partial charge in [-0.15, -0.1) is 10.2 Å². The van der Waals surface area contributed by atoms with Gasteiger partial charge in [0.1, 0.15) is 5.82 Å². The van der Waals surface area contributed by atoms with Crippen molar-refractivity contribution in [3.05, 3.63) is 53.6 Å². The fraction of sp³-hybridized carbons (Fsp3) is 0.231. The molecule has 0 spiro atoms. The molecule has 3 aromatic rings. The lowest BCUT2D eigenvalue weighted by Crippen LogP contribution is -1.95. The summed E-state index contributed by atoms with van der Waals surface area (Å²) in [6, 6.07) is 10.2. The molecule has 0 bridgehead atoms. The highest BCUT2D eigenvalue weighted by Crippen LogP contribution is 2.14. The third kappa shape index (κ3) is 3.24. The highest BCUT2D eigenvalue weighted by atomic mass is 32.2. The summed E-state index contributed by atoms with van der Waals surface area (Å²) in [5, 5.41) is 15.9. The summed E-state index contributed by atoms with van der Waals surface area (Å²) >= 11 is 1.52. The number of H-pyrrole nitrogens is 1. The standard InChI is InChI=1S/C13H14N6S/c1-10-14-13(17-15-10)20-9-19-8-12(16-18-19)7-11-5-3-2-4-6-11/h2-6,8H,7,9H2,1H3,(H,14,15,17). The van der Waals surface area contributed by atoms with Crippen molar-refractivity contribution in [1.29, 1.82) is 0 Å². The molecule has 1 N–H and O–H groups in total. The number of aromatic amines is 1. The molecule has 2 aromatic heterocycles. The number of rotatable bonds is 5. The average molecular weight is 286 g/mol. The lowest BCUT2D eigenvalue weighted by Gasteiger charge is -1.96. The number of hydrogen-bond donors (Lipinski definition) is 1. The molecule has 0 fully saturated rings. The van der Waals surface area contributed by atoms with Gasteiger partial charge in [-0.1, -0.05) is 47.3 Å². The van der Waals surface area contributed by atoms with Crippen LogP contribution in [0.3, 0.4) is 0 Å². The lowest BCUT2D eigenvalue weighted by atomic mass is 10.1. The van der Waals surface area contributed by atoms with Crippen molar-refractivity contribution in [2.75, 3.05) is 0 Å². The van der Waals surface area contributed by atoms with Crippen LogP contribution in [0.25, 0.3) is 0 Å². The molecule has 0 aliphatic heterocycles. The highest BCUT2D eigenvalue weighted by molar-refractivity contribution is 7.98. The van der Waals surface area contributed by atoms with Crippen LogP contribution in [0.2, 0.25) is 0 Å². The third-order valence-electron chi connectivity index (χ3n) is 2.72. The van der Waals surface area contributed by atoms with Crippen LogP contribution in [-0.4, -0.2) is 30.2 Å². The first-order chi connectivity index (χ1) is 9.79. The smallest absolute Gasteiger partial charge is 0.210 e. The summed E-state index contributed by atoms with van der Waals surface area (Å²) in [4.78, 5) is 4.24. The second kappa shape index (κ2) is 5.87. The Morgan fingerprint density at radius 3 is 2.85 bits per heavy atom. The van der Waals surface area contributed by atoms with Gasteiger partial charge in [-0.2, -0.15) is 0 Å². The van der Waals surface area contributed by atoms with Crippen LogP contribution in [0, 0.1) is 6.92 Å². The van der Waals surface area contributed by atoms with Crippen molar-refractivity contribution in [2.45, 2.75) is 24.4 Å². The molecule has 3 rings (SSSR count). The number of nitrogens with one attached hydrogen (secondary N) is 1. The summed E-state index contributed by atoms with van der Waals surface area (Å²) in [6.07, 6.45) is 2.75. The minimum absolute atomic E-state index is 0.652. The van der Waals surface area contributed by atoms with Gasteiger partial charge in [0.05, 0.1) is 11.6 Å². The fourth-order valence-electron chi connectivity index (χ4n) is 1.80. The van der Waals surface area contributed by atoms with Crippen LogP contribution in [-0.2, 0) is 12.3 Å². The molecule has 0 aliphatic rings. The van der Waals surface area contributed by atoms with E-state index in [1.807, 2.05) is 31.3 Å². The summed E-state index contributed by atoms with van der Waals surface area (Å²) in [6.45, 7) is 1.88. The first-order valence-corrected chi connectivity index (χ1v) is 7.23. The van der Waals surface area contributed by atoms with E-state index in [-0.39, 0.29) is 0 Å². The Balaban J connectivity index is 1.59. The zero-order chi connectivity index (χ0) is 13.8. The van der Waals surface area contributed by atoms with Crippen molar-refractivity contribution in [3.63, 3.8) is 0 Å². The van der Waals surface area contributed by atoms with Crippen molar-refractivity contribution in [3.8, 4) is 0 Å². The number of benzene rings is 1. The summed E-state index contributed by atoms with van der Waals surface area (Å²) in [7, 11) is 0. The molecule has 0 amide bonds. The summed E-state index contributed by atoms with van der Waals surface area (Å²) < 4.78 is 1.80. The Morgan fingerprint density at radius 1 is 1.25 bits per heavy atom. The van der Waals surface area contributed by atoms with Gasteiger partial charge in [-0.25, -0.2) is 9.67 Å². The maximum Gasteiger partial charge on any atom is 0.210 e. The van der Waals surface area contributed by atoms with Crippen LogP contribution in [0.5, 0.6) is 0 Å². The van der Waals surface area contributed by atoms with E-state index >= 15 is 0 Å². The molecule has 0 saturated heterocycles. The van der Waals surface area contributed by atoms with Crippen molar-refractivity contribution in [1.82, 2.24) is 30.2 Å². The minimum atomic E-state index is 0.652. The summed E-state index contributed by atoms with van der Waals surface area (Å²) in [5.74, 6) is 1.47. The topological polar surface area (TPSA) is 72.3 Å². The van der Waals surface area contributed by atoms with Crippen molar-refractivity contribution >= 4 is 11.8 Å². The van der Waals surface area contributed by atoms with E-state index in [0.29, 0.717) is 5.88 Å². The van der Waals surface area contributed by atoms with Gasteiger partial charge in [-0.3, -0.25) is 5.10 Å². The number of thioether (sulfide) groups is 1. The monoisotopic (exact) mass is 286 g/mol. The Morgan fingerprint density at radius 2 is 2.10 bits per heavy atom. The fourth-order valence-corrected chi connectivity index (χ4v) is 2.48. The zero-order valence-corrected chi connectivity index (χ0v) is 11.8. The van der Waals surface area contributed by atoms with E-state index in [0.717, 1.165) is 23.1 Å². The van der Waals surface area contributed by atoms with Gasteiger partial charge in [0, 0.05) is 12.6 Å². The maximum absolute atomic E-state index is 4.24. The van der Waals surface area contributed by atoms with Gasteiger partial charge in [0.25, 0.3) is 0 Å². The van der Waals surface area contributed by atoms with Crippen LogP contribution in [0.4, 0.5) is 0 Å². The molecule has 2 heterocycles. The number of aromatic nitrogens is 6. The number of hydrogen-bond acceptors (Lipinski definition) is 5. The third-order valence-corrected chi connectivity index (χ3v) is 3.55. The molecule has 0 atom stereocenters. The highest BCUT2D eigenvalue weighted by Gasteiger charge is 2.04. The van der Waals surface area contributed by atoms with Crippen LogP contribution >= 0.6 is 11.8 Å². The normalized spacial score (nSPS) is 10.8. The van der Waals surface area contributed by atoms with E-state index in [2.05, 4.69) is 37.6 Å². The van der Waals surface area contributed by atoms with Crippen LogP contribution in [0.15, 0.2) is 41.7 Å². The first kappa shape index (κ1) is 12.9. The molecule has 0 unspecified atom stereocenters. The van der Waals surface area contributed by atoms with Crippen molar-refractivity contribution in [2.24, 2.45) is 0 Å². The molecule has 1 aromatic carbocycles. The minimum Gasteiger partial charge on any atom is -0.262 e. The largest absolute Gasteiger partial charge is 0.262 e. The Bertz CT molecular complexity index is 675. The molecular weight excluding hydrogens is 272 g/mol. The zero-order valence-electron chi connectivity index (χ0n) is 11.0. The lowest BCUT2D eigenvalue weighted by molar-refractivity contribution is 0.698. The number of aryl methyl sites for hydroxylation is 1. The predicted octanol–water partition coefficient (Wildman–Crippen LogP) is 2.05. The van der Waals surface area contributed by atoms with E-state index in [4.69, 9.17) is 0 Å². The molecule has 6 nitrogen and oxygen atoms in total. The summed E-state index contributed by atoms with van der Waals surface area (Å²) in [5.41, 5.74) is 2.19. The van der Waals surface area contributed by atoms with Crippen LogP contribution < -0.4 is 0 Å². The van der Waals surface area contributed by atoms with Crippen LogP contribution in [0.1, 0.15) is 17.1 Å². The molecule has 20 heavy (non-hydrogen) atoms. The molecular formula is C13H14N6S. The van der Waals surface area contributed by atoms with E-state index < -0.39 is 0 Å². The Hall–Kier alpha value is -2.15. The van der Waals surface area contributed by atoms with E-state index in [1.54, 1.807) is 4.68 Å². The van der Waals surface area contributed by atoms with Gasteiger partial charge >= 0.3 is 0 Å². The SMILES string of the molecule is Cc1nc(SCn2cc(Cc3ccccc3)nn2)n[nH]1. The average Bonchev–Trinajstić information content (AvgIpc) is 3.07. The second-order valence-electron chi connectivity index (χ2n) is 4.39. The van der Waals surface area contributed by atoms with Gasteiger partial charge in [0.2, 0.25) is 5.16 Å². The quantitative estimate of drug-likeness (QED) is 0.727. The maximum atomic E-state index is 4.24. The Kier molecular flexibility index (Phi) is 3.78. The Labute approximate surface area is 120 Å². The van der Waals surface area contributed by atoms with E-state index in [9.17, 15) is 0 Å². The molecule has 102 valence electrons. The van der Waals surface area contributed by atoms with Gasteiger partial charge in [0.15, 0.2) is 0 Å². The second-order valence-corrected chi connectivity index (χ2v) is 5.30. The molecule has 0 saturated carbocycles. The van der Waals surface area contributed by atoms with Crippen molar-refractivity contribution < 1.29 is 0 Å². The van der Waals surface area contributed by atoms with Gasteiger partial charge in [-0.05, 0) is 12.5 Å². The van der Waals surface area contributed by atoms with Gasteiger partial charge < -0.3 is 0 Å². The predicted molar refractivity (Wildman–Crippen MR) is 76.2 cm³/mol. The molecule has 0 aliphatic carbocycles. The first-order valence-electron chi connectivity index (χ1n) is 6.24.